The number of hydrogen-bond acceptors (Lipinski definition) is 5. The Morgan fingerprint density at radius 2 is 2.04 bits per heavy atom. The molecule has 0 saturated carbocycles. The molecule has 0 spiro atoms. The standard InChI is InChI=1S/C19H22N6/c1-13(2)5-6-14-7-8-15-16(12-24(3)4)23-25(17(15)11-14)18-9-10-21-19(20)22-18/h7-11,13H,12H2,1-4H3,(H2,20,21,22). The van der Waals surface area contributed by atoms with Crippen molar-refractivity contribution in [3.05, 3.63) is 41.7 Å². The average Bonchev–Trinajstić information content (AvgIpc) is 2.90. The maximum Gasteiger partial charge on any atom is 0.221 e. The molecule has 0 aliphatic carbocycles. The summed E-state index contributed by atoms with van der Waals surface area (Å²) in [6, 6.07) is 7.97. The molecule has 25 heavy (non-hydrogen) atoms. The monoisotopic (exact) mass is 334 g/mol. The molecule has 2 N–H and O–H groups in total. The molecule has 3 rings (SSSR count). The number of nitrogen functional groups attached to an aromatic ring is 1. The van der Waals surface area contributed by atoms with Crippen molar-refractivity contribution >= 4 is 16.9 Å². The van der Waals surface area contributed by atoms with E-state index in [1.807, 2.05) is 24.8 Å². The van der Waals surface area contributed by atoms with Gasteiger partial charge in [-0.3, -0.25) is 0 Å². The predicted molar refractivity (Wildman–Crippen MR) is 100 cm³/mol. The van der Waals surface area contributed by atoms with Crippen LogP contribution in [0.25, 0.3) is 16.7 Å². The van der Waals surface area contributed by atoms with Crippen molar-refractivity contribution in [3.63, 3.8) is 0 Å². The van der Waals surface area contributed by atoms with Crippen molar-refractivity contribution in [1.82, 2.24) is 24.6 Å². The average molecular weight is 334 g/mol. The second-order valence-corrected chi connectivity index (χ2v) is 6.53. The number of rotatable bonds is 3. The van der Waals surface area contributed by atoms with E-state index < -0.39 is 0 Å². The van der Waals surface area contributed by atoms with Crippen LogP contribution in [0.5, 0.6) is 0 Å². The first-order chi connectivity index (χ1) is 11.9. The minimum absolute atomic E-state index is 0.228. The quantitative estimate of drug-likeness (QED) is 0.745. The van der Waals surface area contributed by atoms with Gasteiger partial charge in [0.25, 0.3) is 0 Å². The van der Waals surface area contributed by atoms with Crippen LogP contribution in [0.15, 0.2) is 30.5 Å². The summed E-state index contributed by atoms with van der Waals surface area (Å²) < 4.78 is 1.81. The fourth-order valence-corrected chi connectivity index (χ4v) is 2.56. The summed E-state index contributed by atoms with van der Waals surface area (Å²) >= 11 is 0. The molecular formula is C19H22N6. The lowest BCUT2D eigenvalue weighted by molar-refractivity contribution is 0.397. The van der Waals surface area contributed by atoms with E-state index in [2.05, 4.69) is 52.7 Å². The number of fused-ring (bicyclic) bond motifs is 1. The van der Waals surface area contributed by atoms with Gasteiger partial charge in [-0.25, -0.2) is 9.67 Å². The van der Waals surface area contributed by atoms with E-state index in [9.17, 15) is 0 Å². The summed E-state index contributed by atoms with van der Waals surface area (Å²) in [6.07, 6.45) is 1.64. The van der Waals surface area contributed by atoms with Gasteiger partial charge in [-0.1, -0.05) is 25.7 Å². The normalized spacial score (nSPS) is 11.1. The first-order valence-corrected chi connectivity index (χ1v) is 8.21. The molecule has 0 fully saturated rings. The van der Waals surface area contributed by atoms with E-state index >= 15 is 0 Å². The molecule has 2 heterocycles. The zero-order valence-corrected chi connectivity index (χ0v) is 15.0. The number of nitrogens with two attached hydrogens (primary N) is 1. The molecule has 2 aromatic heterocycles. The van der Waals surface area contributed by atoms with Gasteiger partial charge in [0.2, 0.25) is 5.95 Å². The second kappa shape index (κ2) is 6.91. The van der Waals surface area contributed by atoms with Gasteiger partial charge in [0.15, 0.2) is 5.82 Å². The molecule has 0 atom stereocenters. The zero-order chi connectivity index (χ0) is 18.0. The van der Waals surface area contributed by atoms with Gasteiger partial charge in [0, 0.05) is 35.7 Å². The van der Waals surface area contributed by atoms with E-state index in [0.717, 1.165) is 28.7 Å². The van der Waals surface area contributed by atoms with Gasteiger partial charge in [-0.2, -0.15) is 10.1 Å². The molecule has 128 valence electrons. The first kappa shape index (κ1) is 16.9. The minimum Gasteiger partial charge on any atom is -0.368 e. The van der Waals surface area contributed by atoms with Crippen LogP contribution in [0.2, 0.25) is 0 Å². The third-order valence-electron chi connectivity index (χ3n) is 3.61. The van der Waals surface area contributed by atoms with Crippen LogP contribution < -0.4 is 5.73 Å². The lowest BCUT2D eigenvalue weighted by Crippen LogP contribution is -2.12. The van der Waals surface area contributed by atoms with Crippen molar-refractivity contribution in [2.45, 2.75) is 20.4 Å². The van der Waals surface area contributed by atoms with Crippen LogP contribution in [0.3, 0.4) is 0 Å². The third kappa shape index (κ3) is 3.78. The summed E-state index contributed by atoms with van der Waals surface area (Å²) in [4.78, 5) is 10.4. The highest BCUT2D eigenvalue weighted by molar-refractivity contribution is 5.84. The summed E-state index contributed by atoms with van der Waals surface area (Å²) in [6.45, 7) is 4.89. The Labute approximate surface area is 147 Å². The van der Waals surface area contributed by atoms with Crippen molar-refractivity contribution in [2.24, 2.45) is 5.92 Å². The van der Waals surface area contributed by atoms with E-state index in [1.165, 1.54) is 0 Å². The Kier molecular flexibility index (Phi) is 4.68. The Hall–Kier alpha value is -2.91. The van der Waals surface area contributed by atoms with Gasteiger partial charge < -0.3 is 10.6 Å². The van der Waals surface area contributed by atoms with Crippen LogP contribution in [-0.2, 0) is 6.54 Å². The highest BCUT2D eigenvalue weighted by Crippen LogP contribution is 2.23. The van der Waals surface area contributed by atoms with Crippen LogP contribution in [0.4, 0.5) is 5.95 Å². The highest BCUT2D eigenvalue weighted by atomic mass is 15.3. The SMILES string of the molecule is CC(C)C#Cc1ccc2c(CN(C)C)nn(-c3ccnc(N)n3)c2c1. The predicted octanol–water partition coefficient (Wildman–Crippen LogP) is 2.47. The number of hydrogen-bond donors (Lipinski definition) is 1. The molecule has 0 amide bonds. The Balaban J connectivity index is 2.20. The molecule has 0 radical (unpaired) electrons. The molecule has 6 heteroatoms. The second-order valence-electron chi connectivity index (χ2n) is 6.53. The van der Waals surface area contributed by atoms with Crippen LogP contribution in [-0.4, -0.2) is 38.7 Å². The van der Waals surface area contributed by atoms with Gasteiger partial charge in [-0.15, -0.1) is 0 Å². The van der Waals surface area contributed by atoms with Gasteiger partial charge in [-0.05, 0) is 32.3 Å². The summed E-state index contributed by atoms with van der Waals surface area (Å²) in [7, 11) is 4.05. The van der Waals surface area contributed by atoms with Gasteiger partial charge in [0.05, 0.1) is 11.2 Å². The van der Waals surface area contributed by atoms with Crippen LogP contribution in [0.1, 0.15) is 25.1 Å². The van der Waals surface area contributed by atoms with E-state index in [0.29, 0.717) is 11.7 Å². The fraction of sp³-hybridized carbons (Fsp3) is 0.316. The minimum atomic E-state index is 0.228. The molecule has 0 saturated heterocycles. The van der Waals surface area contributed by atoms with Crippen molar-refractivity contribution in [1.29, 1.82) is 0 Å². The Morgan fingerprint density at radius 1 is 1.24 bits per heavy atom. The van der Waals surface area contributed by atoms with E-state index in [1.54, 1.807) is 12.3 Å². The molecule has 0 unspecified atom stereocenters. The smallest absolute Gasteiger partial charge is 0.221 e. The van der Waals surface area contributed by atoms with Crippen LogP contribution >= 0.6 is 0 Å². The Bertz CT molecular complexity index is 959. The van der Waals surface area contributed by atoms with E-state index in [4.69, 9.17) is 10.8 Å². The maximum absolute atomic E-state index is 5.74. The number of benzene rings is 1. The number of nitrogens with zero attached hydrogens (tertiary/aromatic N) is 5. The zero-order valence-electron chi connectivity index (χ0n) is 15.0. The lowest BCUT2D eigenvalue weighted by atomic mass is 10.1. The maximum atomic E-state index is 5.74. The van der Waals surface area contributed by atoms with Gasteiger partial charge in [0.1, 0.15) is 0 Å². The fourth-order valence-electron chi connectivity index (χ4n) is 2.56. The first-order valence-electron chi connectivity index (χ1n) is 8.21. The topological polar surface area (TPSA) is 72.9 Å². The number of aromatic nitrogens is 4. The van der Waals surface area contributed by atoms with Crippen molar-refractivity contribution < 1.29 is 0 Å². The van der Waals surface area contributed by atoms with Gasteiger partial charge >= 0.3 is 0 Å². The van der Waals surface area contributed by atoms with Crippen LogP contribution in [0, 0.1) is 17.8 Å². The molecular weight excluding hydrogens is 312 g/mol. The number of anilines is 1. The summed E-state index contributed by atoms with van der Waals surface area (Å²) in [5, 5.41) is 5.84. The molecule has 6 nitrogen and oxygen atoms in total. The van der Waals surface area contributed by atoms with Crippen molar-refractivity contribution in [3.8, 4) is 17.7 Å². The highest BCUT2D eigenvalue weighted by Gasteiger charge is 2.14. The molecule has 0 aliphatic heterocycles. The largest absolute Gasteiger partial charge is 0.368 e. The van der Waals surface area contributed by atoms with E-state index in [-0.39, 0.29) is 5.95 Å². The summed E-state index contributed by atoms with van der Waals surface area (Å²) in [5.41, 5.74) is 8.65. The third-order valence-corrected chi connectivity index (χ3v) is 3.61. The molecule has 0 aliphatic rings. The van der Waals surface area contributed by atoms with Crippen molar-refractivity contribution in [2.75, 3.05) is 19.8 Å². The Morgan fingerprint density at radius 3 is 2.72 bits per heavy atom. The molecule has 0 bridgehead atoms. The molecule has 3 aromatic rings. The lowest BCUT2D eigenvalue weighted by Gasteiger charge is -2.06. The summed E-state index contributed by atoms with van der Waals surface area (Å²) in [5.74, 6) is 7.62. The molecule has 1 aromatic carbocycles.